The SMILES string of the molecule is O=C(NCCc1ccc(Cl)cc1)NC1CCOc2ccccc21. The van der Waals surface area contributed by atoms with Crippen LogP contribution >= 0.6 is 11.6 Å². The summed E-state index contributed by atoms with van der Waals surface area (Å²) < 4.78 is 5.60. The first-order chi connectivity index (χ1) is 11.2. The highest BCUT2D eigenvalue weighted by Crippen LogP contribution is 2.31. The van der Waals surface area contributed by atoms with Crippen LogP contribution in [0.3, 0.4) is 0 Å². The van der Waals surface area contributed by atoms with E-state index in [0.717, 1.165) is 34.7 Å². The maximum absolute atomic E-state index is 12.1. The van der Waals surface area contributed by atoms with Gasteiger partial charge in [0.15, 0.2) is 0 Å². The van der Waals surface area contributed by atoms with E-state index in [-0.39, 0.29) is 12.1 Å². The van der Waals surface area contributed by atoms with Gasteiger partial charge in [0, 0.05) is 23.6 Å². The quantitative estimate of drug-likeness (QED) is 0.898. The minimum absolute atomic E-state index is 0.00418. The largest absolute Gasteiger partial charge is 0.493 e. The predicted molar refractivity (Wildman–Crippen MR) is 91.0 cm³/mol. The highest BCUT2D eigenvalue weighted by molar-refractivity contribution is 6.30. The van der Waals surface area contributed by atoms with Gasteiger partial charge in [0.25, 0.3) is 0 Å². The molecule has 0 fully saturated rings. The lowest BCUT2D eigenvalue weighted by Gasteiger charge is -2.26. The van der Waals surface area contributed by atoms with Gasteiger partial charge in [0.2, 0.25) is 0 Å². The molecular weight excluding hydrogens is 312 g/mol. The van der Waals surface area contributed by atoms with Crippen LogP contribution in [0, 0.1) is 0 Å². The van der Waals surface area contributed by atoms with Gasteiger partial charge in [-0.3, -0.25) is 0 Å². The number of para-hydroxylation sites is 1. The fourth-order valence-corrected chi connectivity index (χ4v) is 2.80. The molecule has 0 saturated heterocycles. The molecule has 0 radical (unpaired) electrons. The summed E-state index contributed by atoms with van der Waals surface area (Å²) in [5, 5.41) is 6.64. The maximum atomic E-state index is 12.1. The molecule has 2 aromatic carbocycles. The predicted octanol–water partition coefficient (Wildman–Crippen LogP) is 3.71. The lowest BCUT2D eigenvalue weighted by atomic mass is 10.0. The van der Waals surface area contributed by atoms with Crippen LogP contribution in [-0.2, 0) is 6.42 Å². The molecule has 5 heteroatoms. The molecule has 4 nitrogen and oxygen atoms in total. The first-order valence-electron chi connectivity index (χ1n) is 7.73. The summed E-state index contributed by atoms with van der Waals surface area (Å²) in [6.45, 7) is 1.20. The Bertz CT molecular complexity index is 673. The molecule has 1 unspecified atom stereocenters. The third kappa shape index (κ3) is 4.17. The van der Waals surface area contributed by atoms with Gasteiger partial charge in [-0.1, -0.05) is 41.9 Å². The molecule has 0 bridgehead atoms. The van der Waals surface area contributed by atoms with E-state index in [4.69, 9.17) is 16.3 Å². The number of hydrogen-bond acceptors (Lipinski definition) is 2. The van der Waals surface area contributed by atoms with Crippen LogP contribution in [0.4, 0.5) is 4.79 Å². The van der Waals surface area contributed by atoms with Crippen molar-refractivity contribution in [2.75, 3.05) is 13.2 Å². The number of fused-ring (bicyclic) bond motifs is 1. The summed E-state index contributed by atoms with van der Waals surface area (Å²) in [4.78, 5) is 12.1. The van der Waals surface area contributed by atoms with E-state index >= 15 is 0 Å². The van der Waals surface area contributed by atoms with Crippen LogP contribution in [0.5, 0.6) is 5.75 Å². The van der Waals surface area contributed by atoms with Crippen molar-refractivity contribution >= 4 is 17.6 Å². The standard InChI is InChI=1S/C18H19ClN2O2/c19-14-7-5-13(6-8-14)9-11-20-18(22)21-16-10-12-23-17-4-2-1-3-15(16)17/h1-8,16H,9-12H2,(H2,20,21,22). The van der Waals surface area contributed by atoms with Gasteiger partial charge < -0.3 is 15.4 Å². The molecule has 0 saturated carbocycles. The van der Waals surface area contributed by atoms with Crippen molar-refractivity contribution < 1.29 is 9.53 Å². The molecule has 1 heterocycles. The average Bonchev–Trinajstić information content (AvgIpc) is 2.57. The molecular formula is C18H19ClN2O2. The van der Waals surface area contributed by atoms with Crippen LogP contribution in [0.1, 0.15) is 23.6 Å². The first-order valence-corrected chi connectivity index (χ1v) is 8.11. The smallest absolute Gasteiger partial charge is 0.315 e. The lowest BCUT2D eigenvalue weighted by Crippen LogP contribution is -2.40. The Morgan fingerprint density at radius 1 is 1.17 bits per heavy atom. The molecule has 2 aromatic rings. The number of hydrogen-bond donors (Lipinski definition) is 2. The number of benzene rings is 2. The second-order valence-corrected chi connectivity index (χ2v) is 5.94. The van der Waals surface area contributed by atoms with Crippen molar-refractivity contribution in [2.45, 2.75) is 18.9 Å². The Kier molecular flexibility index (Phi) is 5.03. The topological polar surface area (TPSA) is 50.4 Å². The van der Waals surface area contributed by atoms with Crippen molar-refractivity contribution in [3.05, 3.63) is 64.7 Å². The molecule has 3 rings (SSSR count). The summed E-state index contributed by atoms with van der Waals surface area (Å²) in [6.07, 6.45) is 1.55. The normalized spacial score (nSPS) is 16.1. The van der Waals surface area contributed by atoms with Crippen LogP contribution in [-0.4, -0.2) is 19.2 Å². The van der Waals surface area contributed by atoms with E-state index in [1.54, 1.807) is 0 Å². The fraction of sp³-hybridized carbons (Fsp3) is 0.278. The summed E-state index contributed by atoms with van der Waals surface area (Å²) in [7, 11) is 0. The molecule has 0 aliphatic carbocycles. The van der Waals surface area contributed by atoms with Crippen LogP contribution in [0.25, 0.3) is 0 Å². The Morgan fingerprint density at radius 2 is 1.96 bits per heavy atom. The zero-order valence-corrected chi connectivity index (χ0v) is 13.5. The Hall–Kier alpha value is -2.20. The molecule has 120 valence electrons. The Labute approximate surface area is 140 Å². The van der Waals surface area contributed by atoms with Crippen LogP contribution in [0.15, 0.2) is 48.5 Å². The van der Waals surface area contributed by atoms with Gasteiger partial charge >= 0.3 is 6.03 Å². The molecule has 1 aliphatic rings. The minimum atomic E-state index is -0.152. The van der Waals surface area contributed by atoms with Gasteiger partial charge in [0.1, 0.15) is 5.75 Å². The van der Waals surface area contributed by atoms with Gasteiger partial charge in [-0.2, -0.15) is 0 Å². The van der Waals surface area contributed by atoms with Gasteiger partial charge in [0.05, 0.1) is 12.6 Å². The zero-order chi connectivity index (χ0) is 16.1. The minimum Gasteiger partial charge on any atom is -0.493 e. The van der Waals surface area contributed by atoms with Crippen molar-refractivity contribution in [2.24, 2.45) is 0 Å². The number of rotatable bonds is 4. The van der Waals surface area contributed by atoms with Crippen LogP contribution < -0.4 is 15.4 Å². The molecule has 2 N–H and O–H groups in total. The van der Waals surface area contributed by atoms with E-state index in [1.807, 2.05) is 48.5 Å². The number of urea groups is 1. The highest BCUT2D eigenvalue weighted by Gasteiger charge is 2.22. The van der Waals surface area contributed by atoms with E-state index in [9.17, 15) is 4.79 Å². The number of ether oxygens (including phenoxy) is 1. The second-order valence-electron chi connectivity index (χ2n) is 5.50. The average molecular weight is 331 g/mol. The summed E-state index contributed by atoms with van der Waals surface area (Å²) in [5.74, 6) is 0.852. The number of halogens is 1. The highest BCUT2D eigenvalue weighted by atomic mass is 35.5. The zero-order valence-electron chi connectivity index (χ0n) is 12.7. The first kappa shape index (κ1) is 15.7. The number of carbonyl (C=O) groups excluding carboxylic acids is 1. The monoisotopic (exact) mass is 330 g/mol. The Morgan fingerprint density at radius 3 is 2.78 bits per heavy atom. The van der Waals surface area contributed by atoms with Crippen molar-refractivity contribution in [3.63, 3.8) is 0 Å². The molecule has 2 amide bonds. The Balaban J connectivity index is 1.49. The number of nitrogens with one attached hydrogen (secondary N) is 2. The van der Waals surface area contributed by atoms with E-state index in [1.165, 1.54) is 0 Å². The van der Waals surface area contributed by atoms with E-state index in [0.29, 0.717) is 13.2 Å². The van der Waals surface area contributed by atoms with Gasteiger partial charge in [-0.25, -0.2) is 4.79 Å². The second kappa shape index (κ2) is 7.38. The summed E-state index contributed by atoms with van der Waals surface area (Å²) in [6, 6.07) is 15.3. The third-order valence-corrected chi connectivity index (χ3v) is 4.13. The maximum Gasteiger partial charge on any atom is 0.315 e. The van der Waals surface area contributed by atoms with Crippen molar-refractivity contribution in [1.82, 2.24) is 10.6 Å². The molecule has 0 spiro atoms. The number of amides is 2. The number of carbonyl (C=O) groups is 1. The van der Waals surface area contributed by atoms with E-state index in [2.05, 4.69) is 10.6 Å². The van der Waals surface area contributed by atoms with Gasteiger partial charge in [-0.05, 0) is 30.2 Å². The molecule has 1 aliphatic heterocycles. The summed E-state index contributed by atoms with van der Waals surface area (Å²) in [5.41, 5.74) is 2.18. The molecule has 0 aromatic heterocycles. The molecule has 23 heavy (non-hydrogen) atoms. The van der Waals surface area contributed by atoms with Crippen LogP contribution in [0.2, 0.25) is 5.02 Å². The van der Waals surface area contributed by atoms with Gasteiger partial charge in [-0.15, -0.1) is 0 Å². The van der Waals surface area contributed by atoms with E-state index < -0.39 is 0 Å². The van der Waals surface area contributed by atoms with Crippen molar-refractivity contribution in [1.29, 1.82) is 0 Å². The molecule has 1 atom stereocenters. The fourth-order valence-electron chi connectivity index (χ4n) is 2.67. The van der Waals surface area contributed by atoms with Crippen molar-refractivity contribution in [3.8, 4) is 5.75 Å². The lowest BCUT2D eigenvalue weighted by molar-refractivity contribution is 0.223. The summed E-state index contributed by atoms with van der Waals surface area (Å²) >= 11 is 5.86. The third-order valence-electron chi connectivity index (χ3n) is 3.88.